The summed E-state index contributed by atoms with van der Waals surface area (Å²) in [5.74, 6) is -0.762. The van der Waals surface area contributed by atoms with Crippen molar-refractivity contribution < 1.29 is 41.8 Å². The fraction of sp³-hybridized carbons (Fsp3) is 0.308. The zero-order chi connectivity index (χ0) is 35.6. The molecule has 2 amide bonds. The van der Waals surface area contributed by atoms with Crippen LogP contribution in [0.4, 0.5) is 13.2 Å². The first-order chi connectivity index (χ1) is 24.0. The Labute approximate surface area is 288 Å². The van der Waals surface area contributed by atoms with Gasteiger partial charge < -0.3 is 24.4 Å². The Morgan fingerprint density at radius 1 is 0.820 bits per heavy atom. The van der Waals surface area contributed by atoms with Crippen LogP contribution < -0.4 is 19.5 Å². The number of halogens is 3. The highest BCUT2D eigenvalue weighted by molar-refractivity contribution is 6.33. The number of ketones is 1. The van der Waals surface area contributed by atoms with Crippen molar-refractivity contribution in [2.75, 3.05) is 21.3 Å². The summed E-state index contributed by atoms with van der Waals surface area (Å²) in [6.07, 6.45) is 5.67. The van der Waals surface area contributed by atoms with Gasteiger partial charge in [0, 0.05) is 17.2 Å². The predicted molar refractivity (Wildman–Crippen MR) is 181 cm³/mol. The van der Waals surface area contributed by atoms with Crippen LogP contribution in [0.2, 0.25) is 0 Å². The molecule has 2 aliphatic carbocycles. The summed E-state index contributed by atoms with van der Waals surface area (Å²) in [7, 11) is 4.31. The second-order valence-corrected chi connectivity index (χ2v) is 12.4. The number of allylic oxidation sites excluding steroid dienone is 2. The average Bonchev–Trinajstić information content (AvgIpc) is 3.36. The molecule has 1 unspecified atom stereocenters. The van der Waals surface area contributed by atoms with Crippen LogP contribution in [0, 0.1) is 0 Å². The Morgan fingerprint density at radius 3 is 2.04 bits per heavy atom. The van der Waals surface area contributed by atoms with Crippen molar-refractivity contribution in [3.05, 3.63) is 113 Å². The topological polar surface area (TPSA) is 94.2 Å². The maximum Gasteiger partial charge on any atom is 0.416 e. The molecular weight excluding hydrogens is 649 g/mol. The van der Waals surface area contributed by atoms with Gasteiger partial charge in [-0.25, -0.2) is 0 Å². The highest BCUT2D eigenvalue weighted by atomic mass is 19.4. The van der Waals surface area contributed by atoms with Crippen molar-refractivity contribution in [3.63, 3.8) is 0 Å². The first-order valence-corrected chi connectivity index (χ1v) is 16.4. The van der Waals surface area contributed by atoms with E-state index in [0.717, 1.165) is 44.2 Å². The number of benzene rings is 3. The fourth-order valence-corrected chi connectivity index (χ4v) is 7.24. The van der Waals surface area contributed by atoms with Gasteiger partial charge in [0.25, 0.3) is 5.91 Å². The monoisotopic (exact) mass is 686 g/mol. The van der Waals surface area contributed by atoms with Gasteiger partial charge in [-0.05, 0) is 72.5 Å². The highest BCUT2D eigenvalue weighted by Crippen LogP contribution is 2.54. The van der Waals surface area contributed by atoms with Crippen molar-refractivity contribution in [2.24, 2.45) is 0 Å². The zero-order valence-electron chi connectivity index (χ0n) is 27.9. The molecule has 11 heteroatoms. The van der Waals surface area contributed by atoms with Gasteiger partial charge in [0.05, 0.1) is 32.5 Å². The number of carbonyl (C=O) groups excluding carboxylic acids is 3. The minimum atomic E-state index is -4.59. The van der Waals surface area contributed by atoms with E-state index < -0.39 is 35.1 Å². The van der Waals surface area contributed by atoms with Crippen molar-refractivity contribution in [2.45, 2.75) is 55.9 Å². The molecule has 0 aromatic heterocycles. The van der Waals surface area contributed by atoms with Gasteiger partial charge in [-0.15, -0.1) is 0 Å². The molecule has 0 radical (unpaired) electrons. The van der Waals surface area contributed by atoms with Gasteiger partial charge in [0.2, 0.25) is 11.7 Å². The molecule has 1 atom stereocenters. The van der Waals surface area contributed by atoms with Gasteiger partial charge in [0.1, 0.15) is 11.6 Å². The van der Waals surface area contributed by atoms with E-state index in [0.29, 0.717) is 16.9 Å². The Balaban J connectivity index is 1.64. The second kappa shape index (κ2) is 13.9. The summed E-state index contributed by atoms with van der Waals surface area (Å²) in [5.41, 5.74) is -0.840. The summed E-state index contributed by atoms with van der Waals surface area (Å²) in [4.78, 5) is 44.1. The van der Waals surface area contributed by atoms with E-state index in [1.165, 1.54) is 50.5 Å². The molecule has 8 nitrogen and oxygen atoms in total. The molecule has 260 valence electrons. The molecule has 3 aromatic rings. The molecule has 50 heavy (non-hydrogen) atoms. The normalized spacial score (nSPS) is 18.1. The minimum absolute atomic E-state index is 0.0866. The molecule has 1 spiro atoms. The van der Waals surface area contributed by atoms with Crippen molar-refractivity contribution >= 4 is 28.7 Å². The number of ether oxygens (including phenoxy) is 3. The van der Waals surface area contributed by atoms with Gasteiger partial charge in [-0.3, -0.25) is 14.4 Å². The molecule has 1 aliphatic heterocycles. The molecule has 1 N–H and O–H groups in total. The van der Waals surface area contributed by atoms with E-state index in [4.69, 9.17) is 14.2 Å². The van der Waals surface area contributed by atoms with Crippen LogP contribution >= 0.6 is 0 Å². The maximum atomic E-state index is 15.2. The third-order valence-electron chi connectivity index (χ3n) is 9.54. The Kier molecular flexibility index (Phi) is 9.60. The van der Waals surface area contributed by atoms with Crippen LogP contribution in [0.5, 0.6) is 17.2 Å². The van der Waals surface area contributed by atoms with E-state index >= 15 is 4.79 Å². The van der Waals surface area contributed by atoms with E-state index in [2.05, 4.69) is 5.32 Å². The largest absolute Gasteiger partial charge is 0.493 e. The first-order valence-electron chi connectivity index (χ1n) is 16.4. The standard InChI is InChI=1S/C39H37F3N2O6/c1-48-30-19-18-29(34(49-2)35(30)50-3)33(36(46)43-27-12-8-5-9-13-27)44-37(47)31(24-14-16-26(17-15-24)39(40,41)42)32(25-10-6-4-7-11-25)38(44)22-20-28(45)21-23-38/h4,6-7,10-11,14-23,27,33H,5,8-9,12-13H2,1-3H3,(H,43,46). The number of nitrogens with zero attached hydrogens (tertiary/aromatic N) is 1. The Hall–Kier alpha value is -5.32. The number of nitrogens with one attached hydrogen (secondary N) is 1. The Bertz CT molecular complexity index is 1860. The van der Waals surface area contributed by atoms with Crippen molar-refractivity contribution in [1.29, 1.82) is 0 Å². The SMILES string of the molecule is COc1ccc(C(C(=O)NC2CCCCC2)N2C(=O)C(c3ccc(C(F)(F)F)cc3)=C(c3ccccc3)C23C=CC(=O)C=C3)c(OC)c1OC. The Morgan fingerprint density at radius 2 is 1.46 bits per heavy atom. The number of carbonyl (C=O) groups is 3. The van der Waals surface area contributed by atoms with Crippen LogP contribution in [-0.4, -0.2) is 55.4 Å². The minimum Gasteiger partial charge on any atom is -0.493 e. The second-order valence-electron chi connectivity index (χ2n) is 12.4. The van der Waals surface area contributed by atoms with E-state index in [9.17, 15) is 22.8 Å². The van der Waals surface area contributed by atoms with E-state index in [-0.39, 0.29) is 40.0 Å². The number of hydrogen-bond acceptors (Lipinski definition) is 6. The predicted octanol–water partition coefficient (Wildman–Crippen LogP) is 7.11. The van der Waals surface area contributed by atoms with Crippen LogP contribution in [0.15, 0.2) is 91.0 Å². The summed E-state index contributed by atoms with van der Waals surface area (Å²) in [6, 6.07) is 15.0. The average molecular weight is 687 g/mol. The molecule has 1 heterocycles. The smallest absolute Gasteiger partial charge is 0.416 e. The number of hydrogen-bond donors (Lipinski definition) is 1. The molecule has 1 fully saturated rings. The highest BCUT2D eigenvalue weighted by Gasteiger charge is 2.55. The number of alkyl halides is 3. The van der Waals surface area contributed by atoms with Crippen LogP contribution in [0.3, 0.4) is 0 Å². The maximum absolute atomic E-state index is 15.2. The van der Waals surface area contributed by atoms with Crippen LogP contribution in [-0.2, 0) is 20.6 Å². The van der Waals surface area contributed by atoms with Crippen LogP contribution in [0.25, 0.3) is 11.1 Å². The lowest BCUT2D eigenvalue weighted by atomic mass is 9.79. The molecule has 3 aromatic carbocycles. The molecule has 0 saturated heterocycles. The number of methoxy groups -OCH3 is 3. The van der Waals surface area contributed by atoms with Gasteiger partial charge in [-0.1, -0.05) is 61.7 Å². The quantitative estimate of drug-likeness (QED) is 0.258. The summed E-state index contributed by atoms with van der Waals surface area (Å²) < 4.78 is 58.0. The van der Waals surface area contributed by atoms with Crippen molar-refractivity contribution in [1.82, 2.24) is 10.2 Å². The molecule has 1 saturated carbocycles. The third kappa shape index (κ3) is 6.16. The van der Waals surface area contributed by atoms with Crippen LogP contribution in [0.1, 0.15) is 60.4 Å². The van der Waals surface area contributed by atoms with E-state index in [1.54, 1.807) is 54.6 Å². The number of amides is 2. The summed E-state index contributed by atoms with van der Waals surface area (Å²) in [5, 5.41) is 3.18. The fourth-order valence-electron chi connectivity index (χ4n) is 7.24. The first kappa shape index (κ1) is 34.5. The lowest BCUT2D eigenvalue weighted by Crippen LogP contribution is -2.53. The van der Waals surface area contributed by atoms with E-state index in [1.807, 2.05) is 0 Å². The molecule has 0 bridgehead atoms. The number of rotatable bonds is 9. The molecular formula is C39H37F3N2O6. The zero-order valence-corrected chi connectivity index (χ0v) is 27.9. The molecule has 3 aliphatic rings. The van der Waals surface area contributed by atoms with Gasteiger partial charge in [-0.2, -0.15) is 13.2 Å². The third-order valence-corrected chi connectivity index (χ3v) is 9.54. The lowest BCUT2D eigenvalue weighted by molar-refractivity contribution is -0.138. The summed E-state index contributed by atoms with van der Waals surface area (Å²) >= 11 is 0. The molecule has 6 rings (SSSR count). The van der Waals surface area contributed by atoms with Gasteiger partial charge >= 0.3 is 6.18 Å². The van der Waals surface area contributed by atoms with Crippen molar-refractivity contribution in [3.8, 4) is 17.2 Å². The lowest BCUT2D eigenvalue weighted by Gasteiger charge is -2.42. The van der Waals surface area contributed by atoms with Gasteiger partial charge in [0.15, 0.2) is 17.3 Å². The summed E-state index contributed by atoms with van der Waals surface area (Å²) in [6.45, 7) is 0.